The summed E-state index contributed by atoms with van der Waals surface area (Å²) in [5.74, 6) is -0.163. The van der Waals surface area contributed by atoms with Crippen LogP contribution in [0.1, 0.15) is 22.0 Å². The molecule has 1 aliphatic heterocycles. The van der Waals surface area contributed by atoms with Gasteiger partial charge < -0.3 is 19.1 Å². The van der Waals surface area contributed by atoms with Gasteiger partial charge in [-0.15, -0.1) is 0 Å². The van der Waals surface area contributed by atoms with Crippen LogP contribution in [0.2, 0.25) is 0 Å². The predicted molar refractivity (Wildman–Crippen MR) is 97.0 cm³/mol. The molecule has 0 N–H and O–H groups in total. The Kier molecular flexibility index (Phi) is 5.24. The second kappa shape index (κ2) is 7.43. The molecule has 2 atom stereocenters. The van der Waals surface area contributed by atoms with Gasteiger partial charge in [-0.05, 0) is 20.2 Å². The molecule has 0 aliphatic carbocycles. The van der Waals surface area contributed by atoms with Crippen LogP contribution in [0.25, 0.3) is 0 Å². The zero-order chi connectivity index (χ0) is 18.8. The topological polar surface area (TPSA) is 72.6 Å². The highest BCUT2D eigenvalue weighted by Gasteiger charge is 2.37. The Balaban J connectivity index is 1.97. The lowest BCUT2D eigenvalue weighted by Crippen LogP contribution is -2.51. The number of morpholine rings is 1. The molecule has 2 aromatic rings. The molecule has 0 aromatic carbocycles. The third-order valence-corrected chi connectivity index (χ3v) is 4.58. The summed E-state index contributed by atoms with van der Waals surface area (Å²) in [5.41, 5.74) is 1.12. The van der Waals surface area contributed by atoms with Gasteiger partial charge in [-0.2, -0.15) is 5.10 Å². The standard InChI is InChI=1S/C18H25N5O3/c1-20(2)12-15-17(14-10-19-22(4)11-14)23(7-8-26-15)18(25)13-5-6-21(3)16(24)9-13/h5-6,9-11,15,17H,7-8,12H2,1-4H3/t15-,17-/m0/s1. The number of rotatable bonds is 4. The van der Waals surface area contributed by atoms with Crippen LogP contribution in [0, 0.1) is 0 Å². The lowest BCUT2D eigenvalue weighted by atomic mass is 9.99. The second-order valence-corrected chi connectivity index (χ2v) is 6.93. The minimum Gasteiger partial charge on any atom is -0.373 e. The van der Waals surface area contributed by atoms with E-state index in [2.05, 4.69) is 5.10 Å². The largest absolute Gasteiger partial charge is 0.373 e. The van der Waals surface area contributed by atoms with Crippen LogP contribution in [0.15, 0.2) is 35.5 Å². The van der Waals surface area contributed by atoms with E-state index in [4.69, 9.17) is 4.74 Å². The molecule has 140 valence electrons. The maximum absolute atomic E-state index is 13.2. The van der Waals surface area contributed by atoms with E-state index >= 15 is 0 Å². The van der Waals surface area contributed by atoms with Crippen molar-refractivity contribution in [1.82, 2.24) is 24.1 Å². The summed E-state index contributed by atoms with van der Waals surface area (Å²) in [6.45, 7) is 1.61. The highest BCUT2D eigenvalue weighted by atomic mass is 16.5. The van der Waals surface area contributed by atoms with E-state index in [9.17, 15) is 9.59 Å². The molecule has 1 amide bonds. The molecule has 0 spiro atoms. The summed E-state index contributed by atoms with van der Waals surface area (Å²) in [6.07, 6.45) is 5.13. The van der Waals surface area contributed by atoms with Crippen molar-refractivity contribution in [1.29, 1.82) is 0 Å². The first kappa shape index (κ1) is 18.3. The van der Waals surface area contributed by atoms with Crippen LogP contribution >= 0.6 is 0 Å². The van der Waals surface area contributed by atoms with E-state index in [1.54, 1.807) is 35.1 Å². The molecule has 2 aromatic heterocycles. The predicted octanol–water partition coefficient (Wildman–Crippen LogP) is 0.263. The highest BCUT2D eigenvalue weighted by Crippen LogP contribution is 2.31. The van der Waals surface area contributed by atoms with E-state index in [-0.39, 0.29) is 23.6 Å². The van der Waals surface area contributed by atoms with Crippen LogP contribution < -0.4 is 5.56 Å². The van der Waals surface area contributed by atoms with Gasteiger partial charge >= 0.3 is 0 Å². The zero-order valence-electron chi connectivity index (χ0n) is 15.6. The fraction of sp³-hybridized carbons (Fsp3) is 0.500. The van der Waals surface area contributed by atoms with E-state index in [1.807, 2.05) is 32.2 Å². The fourth-order valence-electron chi connectivity index (χ4n) is 3.31. The summed E-state index contributed by atoms with van der Waals surface area (Å²) >= 11 is 0. The Hall–Kier alpha value is -2.45. The third-order valence-electron chi connectivity index (χ3n) is 4.58. The van der Waals surface area contributed by atoms with Crippen LogP contribution in [0.4, 0.5) is 0 Å². The molecule has 26 heavy (non-hydrogen) atoms. The average molecular weight is 359 g/mol. The first-order chi connectivity index (χ1) is 12.4. The molecule has 8 heteroatoms. The van der Waals surface area contributed by atoms with Crippen LogP contribution in [0.3, 0.4) is 0 Å². The van der Waals surface area contributed by atoms with Gasteiger partial charge in [0.2, 0.25) is 0 Å². The molecule has 1 fully saturated rings. The molecule has 3 heterocycles. The summed E-state index contributed by atoms with van der Waals surface area (Å²) < 4.78 is 9.15. The highest BCUT2D eigenvalue weighted by molar-refractivity contribution is 5.94. The van der Waals surface area contributed by atoms with Gasteiger partial charge in [0.1, 0.15) is 0 Å². The SMILES string of the molecule is CN(C)C[C@@H]1OCCN(C(=O)c2ccn(C)c(=O)c2)[C@H]1c1cnn(C)c1. The first-order valence-corrected chi connectivity index (χ1v) is 8.59. The van der Waals surface area contributed by atoms with Crippen LogP contribution in [0.5, 0.6) is 0 Å². The quantitative estimate of drug-likeness (QED) is 0.783. The smallest absolute Gasteiger partial charge is 0.254 e. The lowest BCUT2D eigenvalue weighted by Gasteiger charge is -2.41. The molecule has 0 unspecified atom stereocenters. The van der Waals surface area contributed by atoms with Gasteiger partial charge in [-0.25, -0.2) is 0 Å². The molecule has 1 aliphatic rings. The molecule has 0 bridgehead atoms. The minimum absolute atomic E-state index is 0.163. The minimum atomic E-state index is -0.253. The van der Waals surface area contributed by atoms with Crippen LogP contribution in [-0.2, 0) is 18.8 Å². The third kappa shape index (κ3) is 3.71. The Morgan fingerprint density at radius 3 is 2.77 bits per heavy atom. The van der Waals surface area contributed by atoms with E-state index in [0.717, 1.165) is 5.56 Å². The Morgan fingerprint density at radius 2 is 2.15 bits per heavy atom. The van der Waals surface area contributed by atoms with Gasteiger partial charge in [-0.3, -0.25) is 14.3 Å². The second-order valence-electron chi connectivity index (χ2n) is 6.93. The van der Waals surface area contributed by atoms with Crippen molar-refractivity contribution >= 4 is 5.91 Å². The number of hydrogen-bond donors (Lipinski definition) is 0. The number of ether oxygens (including phenoxy) is 1. The normalized spacial score (nSPS) is 20.6. The van der Waals surface area contributed by atoms with Crippen molar-refractivity contribution in [3.05, 3.63) is 52.2 Å². The van der Waals surface area contributed by atoms with Gasteiger partial charge in [0.25, 0.3) is 11.5 Å². The summed E-state index contributed by atoms with van der Waals surface area (Å²) in [5, 5.41) is 4.25. The number of pyridine rings is 1. The van der Waals surface area contributed by atoms with Gasteiger partial charge in [0.05, 0.1) is 24.9 Å². The molecular formula is C18H25N5O3. The van der Waals surface area contributed by atoms with Crippen molar-refractivity contribution in [2.75, 3.05) is 33.8 Å². The number of aromatic nitrogens is 3. The molecule has 1 saturated heterocycles. The maximum atomic E-state index is 13.2. The number of hydrogen-bond acceptors (Lipinski definition) is 5. The molecule has 8 nitrogen and oxygen atoms in total. The van der Waals surface area contributed by atoms with Crippen LogP contribution in [-0.4, -0.2) is 70.0 Å². The Labute approximate surface area is 152 Å². The number of aryl methyl sites for hydroxylation is 2. The van der Waals surface area contributed by atoms with Crippen molar-refractivity contribution in [3.8, 4) is 0 Å². The molecular weight excluding hydrogens is 334 g/mol. The van der Waals surface area contributed by atoms with Crippen molar-refractivity contribution in [2.45, 2.75) is 12.1 Å². The van der Waals surface area contributed by atoms with E-state index in [0.29, 0.717) is 25.3 Å². The number of carbonyl (C=O) groups is 1. The van der Waals surface area contributed by atoms with Crippen molar-refractivity contribution in [3.63, 3.8) is 0 Å². The number of nitrogens with zero attached hydrogens (tertiary/aromatic N) is 5. The summed E-state index contributed by atoms with van der Waals surface area (Å²) in [4.78, 5) is 28.9. The maximum Gasteiger partial charge on any atom is 0.254 e. The molecule has 0 radical (unpaired) electrons. The number of amides is 1. The molecule has 0 saturated carbocycles. The van der Waals surface area contributed by atoms with Crippen molar-refractivity contribution < 1.29 is 9.53 Å². The molecule has 3 rings (SSSR count). The van der Waals surface area contributed by atoms with Crippen molar-refractivity contribution in [2.24, 2.45) is 14.1 Å². The Bertz CT molecular complexity index is 841. The first-order valence-electron chi connectivity index (χ1n) is 8.59. The van der Waals surface area contributed by atoms with Gasteiger partial charge in [0, 0.05) is 56.8 Å². The monoisotopic (exact) mass is 359 g/mol. The zero-order valence-corrected chi connectivity index (χ0v) is 15.6. The fourth-order valence-corrected chi connectivity index (χ4v) is 3.31. The Morgan fingerprint density at radius 1 is 1.38 bits per heavy atom. The summed E-state index contributed by atoms with van der Waals surface area (Å²) in [7, 11) is 7.47. The van der Waals surface area contributed by atoms with E-state index < -0.39 is 0 Å². The summed E-state index contributed by atoms with van der Waals surface area (Å²) in [6, 6.07) is 2.82. The lowest BCUT2D eigenvalue weighted by molar-refractivity contribution is -0.0684. The number of likely N-dealkylation sites (N-methyl/N-ethyl adjacent to an activating group) is 1. The number of carbonyl (C=O) groups excluding carboxylic acids is 1. The van der Waals surface area contributed by atoms with E-state index in [1.165, 1.54) is 10.6 Å². The van der Waals surface area contributed by atoms with Gasteiger partial charge in [-0.1, -0.05) is 0 Å². The average Bonchev–Trinajstić information content (AvgIpc) is 3.02. The van der Waals surface area contributed by atoms with Gasteiger partial charge in [0.15, 0.2) is 0 Å².